The van der Waals surface area contributed by atoms with Gasteiger partial charge in [-0.2, -0.15) is 0 Å². The summed E-state index contributed by atoms with van der Waals surface area (Å²) in [7, 11) is -0.859. The molecule has 1 aromatic carbocycles. The number of nitrogens with one attached hydrogen (secondary N) is 1. The maximum atomic E-state index is 9.13. The second-order valence-corrected chi connectivity index (χ2v) is 6.99. The van der Waals surface area contributed by atoms with Crippen molar-refractivity contribution in [1.82, 2.24) is 5.23 Å². The summed E-state index contributed by atoms with van der Waals surface area (Å²) in [5.41, 5.74) is 0.269. The summed E-state index contributed by atoms with van der Waals surface area (Å²) in [6.07, 6.45) is 0.825. The topological polar surface area (TPSA) is 60.0 Å². The molecule has 5 nitrogen and oxygen atoms in total. The van der Waals surface area contributed by atoms with Crippen molar-refractivity contribution in [3.63, 3.8) is 0 Å². The normalized spacial score (nSPS) is 19.0. The van der Waals surface area contributed by atoms with E-state index in [0.717, 1.165) is 17.6 Å². The van der Waals surface area contributed by atoms with Crippen molar-refractivity contribution >= 4 is 19.6 Å². The van der Waals surface area contributed by atoms with Crippen molar-refractivity contribution in [3.8, 4) is 5.75 Å². The molecule has 0 spiro atoms. The van der Waals surface area contributed by atoms with Gasteiger partial charge < -0.3 is 24.3 Å². The quantitative estimate of drug-likeness (QED) is 0.588. The Balaban J connectivity index is 1.91. The minimum absolute atomic E-state index is 0.346. The SMILES string of the molecule is CB(O)NCCCOc1cccc(B2OC(C)(C)C(C)(C)O2)c1. The minimum Gasteiger partial charge on any atom is -0.494 e. The zero-order chi connectivity index (χ0) is 17.1. The average molecular weight is 319 g/mol. The predicted molar refractivity (Wildman–Crippen MR) is 94.1 cm³/mol. The summed E-state index contributed by atoms with van der Waals surface area (Å²) in [5.74, 6) is 0.800. The van der Waals surface area contributed by atoms with Crippen LogP contribution >= 0.6 is 0 Å². The maximum Gasteiger partial charge on any atom is 0.494 e. The first-order valence-corrected chi connectivity index (χ1v) is 8.21. The van der Waals surface area contributed by atoms with Gasteiger partial charge >= 0.3 is 14.2 Å². The number of hydrogen-bond donors (Lipinski definition) is 2. The molecule has 0 unspecified atom stereocenters. The highest BCUT2D eigenvalue weighted by atomic mass is 16.7. The van der Waals surface area contributed by atoms with Crippen molar-refractivity contribution in [3.05, 3.63) is 24.3 Å². The second kappa shape index (κ2) is 7.26. The molecule has 1 heterocycles. The number of hydrogen-bond acceptors (Lipinski definition) is 5. The fraction of sp³-hybridized carbons (Fsp3) is 0.625. The molecule has 1 aliphatic rings. The molecule has 126 valence electrons. The lowest BCUT2D eigenvalue weighted by atomic mass is 9.79. The fourth-order valence-electron chi connectivity index (χ4n) is 2.30. The van der Waals surface area contributed by atoms with Crippen molar-refractivity contribution < 1.29 is 19.1 Å². The van der Waals surface area contributed by atoms with Gasteiger partial charge in [-0.25, -0.2) is 0 Å². The van der Waals surface area contributed by atoms with E-state index >= 15 is 0 Å². The van der Waals surface area contributed by atoms with Crippen LogP contribution in [0.3, 0.4) is 0 Å². The molecule has 1 saturated heterocycles. The van der Waals surface area contributed by atoms with Gasteiger partial charge in [-0.1, -0.05) is 12.1 Å². The van der Waals surface area contributed by atoms with Crippen molar-refractivity contribution in [2.45, 2.75) is 52.1 Å². The molecule has 0 atom stereocenters. The van der Waals surface area contributed by atoms with Gasteiger partial charge in [-0.15, -0.1) is 0 Å². The Morgan fingerprint density at radius 2 is 1.87 bits per heavy atom. The zero-order valence-electron chi connectivity index (χ0n) is 14.8. The largest absolute Gasteiger partial charge is 0.494 e. The molecular formula is C16H27B2NO4. The molecule has 0 saturated carbocycles. The van der Waals surface area contributed by atoms with Gasteiger partial charge in [0, 0.05) is 0 Å². The van der Waals surface area contributed by atoms with Crippen LogP contribution in [0.4, 0.5) is 0 Å². The Morgan fingerprint density at radius 1 is 1.22 bits per heavy atom. The molecule has 0 radical (unpaired) electrons. The van der Waals surface area contributed by atoms with Crippen LogP contribution in [0.1, 0.15) is 34.1 Å². The van der Waals surface area contributed by atoms with Gasteiger partial charge in [0.25, 0.3) is 0 Å². The third-order valence-electron chi connectivity index (χ3n) is 4.41. The summed E-state index contributed by atoms with van der Waals surface area (Å²) < 4.78 is 17.9. The fourth-order valence-corrected chi connectivity index (χ4v) is 2.30. The lowest BCUT2D eigenvalue weighted by molar-refractivity contribution is 0.00578. The van der Waals surface area contributed by atoms with E-state index in [-0.39, 0.29) is 18.3 Å². The number of rotatable bonds is 7. The van der Waals surface area contributed by atoms with Gasteiger partial charge in [0.15, 0.2) is 0 Å². The summed E-state index contributed by atoms with van der Waals surface area (Å²) in [4.78, 5) is 0. The second-order valence-electron chi connectivity index (χ2n) is 6.99. The molecule has 0 amide bonds. The van der Waals surface area contributed by atoms with Crippen LogP contribution in [0.5, 0.6) is 5.75 Å². The van der Waals surface area contributed by atoms with Crippen LogP contribution < -0.4 is 15.4 Å². The van der Waals surface area contributed by atoms with Crippen LogP contribution in [0.25, 0.3) is 0 Å². The van der Waals surface area contributed by atoms with Crippen molar-refractivity contribution in [2.24, 2.45) is 0 Å². The molecule has 7 heteroatoms. The molecule has 1 aromatic rings. The molecular weight excluding hydrogens is 292 g/mol. The molecule has 0 bridgehead atoms. The first-order valence-electron chi connectivity index (χ1n) is 8.21. The van der Waals surface area contributed by atoms with Gasteiger partial charge in [-0.3, -0.25) is 0 Å². The molecule has 0 aliphatic carbocycles. The standard InChI is InChI=1S/C16H27B2NO4/c1-15(2)16(3,4)23-18(22-15)13-8-6-9-14(12-13)21-11-7-10-19-17(5)20/h6,8-9,12,19-20H,7,10-11H2,1-5H3. The van der Waals surface area contributed by atoms with E-state index in [0.29, 0.717) is 13.2 Å². The van der Waals surface area contributed by atoms with E-state index in [4.69, 9.17) is 19.1 Å². The molecule has 1 aliphatic heterocycles. The van der Waals surface area contributed by atoms with Gasteiger partial charge in [0.2, 0.25) is 0 Å². The Labute approximate surface area is 140 Å². The molecule has 0 aromatic heterocycles. The first kappa shape index (κ1) is 18.3. The summed E-state index contributed by atoms with van der Waals surface area (Å²) in [5, 5.41) is 12.1. The van der Waals surface area contributed by atoms with E-state index in [9.17, 15) is 0 Å². The Bertz CT molecular complexity index is 507. The Hall–Kier alpha value is -1.01. The van der Waals surface area contributed by atoms with Crippen LogP contribution in [-0.2, 0) is 9.31 Å². The molecule has 2 N–H and O–H groups in total. The van der Waals surface area contributed by atoms with Crippen molar-refractivity contribution in [1.29, 1.82) is 0 Å². The Morgan fingerprint density at radius 3 is 2.48 bits per heavy atom. The minimum atomic E-state index is -0.485. The lowest BCUT2D eigenvalue weighted by Crippen LogP contribution is -2.41. The lowest BCUT2D eigenvalue weighted by Gasteiger charge is -2.32. The van der Waals surface area contributed by atoms with Gasteiger partial charge in [-0.05, 0) is 65.1 Å². The third kappa shape index (κ3) is 4.73. The zero-order valence-corrected chi connectivity index (χ0v) is 14.8. The predicted octanol–water partition coefficient (Wildman–Crippen LogP) is 1.45. The van der Waals surface area contributed by atoms with E-state index in [1.807, 2.05) is 52.0 Å². The first-order chi connectivity index (χ1) is 10.7. The Kier molecular flexibility index (Phi) is 5.79. The van der Waals surface area contributed by atoms with Gasteiger partial charge in [0.1, 0.15) is 5.75 Å². The van der Waals surface area contributed by atoms with E-state index < -0.39 is 7.05 Å². The molecule has 2 rings (SSSR count). The highest BCUT2D eigenvalue weighted by molar-refractivity contribution is 6.62. The maximum absolute atomic E-state index is 9.13. The van der Waals surface area contributed by atoms with Gasteiger partial charge in [0.05, 0.1) is 17.8 Å². The highest BCUT2D eigenvalue weighted by Gasteiger charge is 2.51. The number of ether oxygens (including phenoxy) is 1. The van der Waals surface area contributed by atoms with E-state index in [1.54, 1.807) is 6.82 Å². The van der Waals surface area contributed by atoms with E-state index in [1.165, 1.54) is 0 Å². The van der Waals surface area contributed by atoms with Crippen LogP contribution in [0, 0.1) is 0 Å². The molecule has 23 heavy (non-hydrogen) atoms. The smallest absolute Gasteiger partial charge is 0.494 e. The van der Waals surface area contributed by atoms with E-state index in [2.05, 4.69) is 5.23 Å². The third-order valence-corrected chi connectivity index (χ3v) is 4.41. The average Bonchev–Trinajstić information content (AvgIpc) is 2.67. The summed E-state index contributed by atoms with van der Waals surface area (Å²) >= 11 is 0. The van der Waals surface area contributed by atoms with Crippen LogP contribution in [0.2, 0.25) is 6.82 Å². The number of benzene rings is 1. The summed E-state index contributed by atoms with van der Waals surface area (Å²) in [6, 6.07) is 7.83. The monoisotopic (exact) mass is 319 g/mol. The van der Waals surface area contributed by atoms with Crippen LogP contribution in [0.15, 0.2) is 24.3 Å². The molecule has 1 fully saturated rings. The van der Waals surface area contributed by atoms with Crippen LogP contribution in [-0.4, -0.2) is 43.5 Å². The summed E-state index contributed by atoms with van der Waals surface area (Å²) in [6.45, 7) is 11.2. The van der Waals surface area contributed by atoms with Crippen molar-refractivity contribution in [2.75, 3.05) is 13.2 Å². The highest BCUT2D eigenvalue weighted by Crippen LogP contribution is 2.36.